The minimum Gasteiger partial charge on any atom is -0.461 e. The molecule has 0 radical (unpaired) electrons. The summed E-state index contributed by atoms with van der Waals surface area (Å²) in [6.07, 6.45) is 7.55. The van der Waals surface area contributed by atoms with Crippen molar-refractivity contribution in [2.45, 2.75) is 25.8 Å². The SMILES string of the molecule is C[C@@H]1C[C@H]1c1ccc(/C=C\C(=O)Nc2ccc(Cn3cncn3)cc2)o1. The molecule has 6 nitrogen and oxygen atoms in total. The van der Waals surface area contributed by atoms with Crippen molar-refractivity contribution < 1.29 is 9.21 Å². The minimum atomic E-state index is -0.188. The van der Waals surface area contributed by atoms with Crippen molar-refractivity contribution in [2.75, 3.05) is 5.32 Å². The predicted molar refractivity (Wildman–Crippen MR) is 98.5 cm³/mol. The molecule has 132 valence electrons. The molecule has 2 atom stereocenters. The minimum absolute atomic E-state index is 0.188. The highest BCUT2D eigenvalue weighted by atomic mass is 16.3. The molecule has 0 bridgehead atoms. The lowest BCUT2D eigenvalue weighted by Crippen LogP contribution is -2.08. The van der Waals surface area contributed by atoms with E-state index in [1.807, 2.05) is 36.4 Å². The van der Waals surface area contributed by atoms with Crippen molar-refractivity contribution in [3.8, 4) is 0 Å². The van der Waals surface area contributed by atoms with E-state index in [2.05, 4.69) is 22.3 Å². The van der Waals surface area contributed by atoms with E-state index in [1.54, 1.807) is 17.1 Å². The van der Waals surface area contributed by atoms with Crippen LogP contribution in [0, 0.1) is 5.92 Å². The molecule has 1 aromatic carbocycles. The third-order valence-corrected chi connectivity index (χ3v) is 4.55. The number of furan rings is 1. The topological polar surface area (TPSA) is 73.0 Å². The Morgan fingerprint density at radius 3 is 2.81 bits per heavy atom. The number of aromatic nitrogens is 3. The summed E-state index contributed by atoms with van der Waals surface area (Å²) in [7, 11) is 0. The number of rotatable bonds is 6. The molecule has 0 aliphatic heterocycles. The van der Waals surface area contributed by atoms with Crippen LogP contribution in [0.1, 0.15) is 36.3 Å². The van der Waals surface area contributed by atoms with Gasteiger partial charge in [0.05, 0.1) is 6.54 Å². The summed E-state index contributed by atoms with van der Waals surface area (Å²) in [5.74, 6) is 2.78. The zero-order chi connectivity index (χ0) is 17.9. The summed E-state index contributed by atoms with van der Waals surface area (Å²) in [5, 5.41) is 6.92. The summed E-state index contributed by atoms with van der Waals surface area (Å²) in [6, 6.07) is 11.6. The maximum absolute atomic E-state index is 12.1. The number of carbonyl (C=O) groups excluding carboxylic acids is 1. The third kappa shape index (κ3) is 3.91. The van der Waals surface area contributed by atoms with Gasteiger partial charge in [0.2, 0.25) is 5.91 Å². The number of hydrogen-bond donors (Lipinski definition) is 1. The molecule has 3 aromatic rings. The van der Waals surface area contributed by atoms with Crippen molar-refractivity contribution in [1.82, 2.24) is 14.8 Å². The lowest BCUT2D eigenvalue weighted by atomic mass is 10.2. The van der Waals surface area contributed by atoms with E-state index in [0.717, 1.165) is 17.0 Å². The molecule has 6 heteroatoms. The van der Waals surface area contributed by atoms with Crippen LogP contribution in [0.3, 0.4) is 0 Å². The van der Waals surface area contributed by atoms with E-state index in [1.165, 1.54) is 18.8 Å². The van der Waals surface area contributed by atoms with Crippen LogP contribution in [0.2, 0.25) is 0 Å². The normalized spacial score (nSPS) is 19.0. The Morgan fingerprint density at radius 1 is 1.31 bits per heavy atom. The molecule has 1 amide bonds. The van der Waals surface area contributed by atoms with Gasteiger partial charge in [-0.15, -0.1) is 0 Å². The molecule has 1 saturated carbocycles. The molecule has 0 spiro atoms. The molecule has 1 fully saturated rings. The van der Waals surface area contributed by atoms with E-state index in [-0.39, 0.29) is 5.91 Å². The van der Waals surface area contributed by atoms with Gasteiger partial charge in [-0.3, -0.25) is 4.79 Å². The summed E-state index contributed by atoms with van der Waals surface area (Å²) < 4.78 is 7.51. The monoisotopic (exact) mass is 348 g/mol. The molecular formula is C20H20N4O2. The molecule has 4 rings (SSSR count). The Hall–Kier alpha value is -3.15. The molecule has 1 aliphatic rings. The van der Waals surface area contributed by atoms with Crippen molar-refractivity contribution >= 4 is 17.7 Å². The number of amides is 1. The second-order valence-corrected chi connectivity index (χ2v) is 6.67. The Kier molecular flexibility index (Phi) is 4.39. The fraction of sp³-hybridized carbons (Fsp3) is 0.250. The molecule has 1 aliphatic carbocycles. The summed E-state index contributed by atoms with van der Waals surface area (Å²) in [4.78, 5) is 16.0. The largest absolute Gasteiger partial charge is 0.461 e. The van der Waals surface area contributed by atoms with Crippen LogP contribution in [-0.4, -0.2) is 20.7 Å². The molecule has 2 aromatic heterocycles. The van der Waals surface area contributed by atoms with Gasteiger partial charge in [-0.1, -0.05) is 19.1 Å². The molecule has 26 heavy (non-hydrogen) atoms. The van der Waals surface area contributed by atoms with Gasteiger partial charge in [-0.05, 0) is 48.2 Å². The van der Waals surface area contributed by atoms with E-state index in [0.29, 0.717) is 24.1 Å². The highest BCUT2D eigenvalue weighted by molar-refractivity contribution is 6.01. The van der Waals surface area contributed by atoms with Gasteiger partial charge in [0.25, 0.3) is 0 Å². The first-order valence-corrected chi connectivity index (χ1v) is 8.67. The van der Waals surface area contributed by atoms with Crippen LogP contribution in [0.4, 0.5) is 5.69 Å². The molecule has 2 heterocycles. The van der Waals surface area contributed by atoms with E-state index >= 15 is 0 Å². The lowest BCUT2D eigenvalue weighted by Gasteiger charge is -2.04. The van der Waals surface area contributed by atoms with Gasteiger partial charge in [0.1, 0.15) is 24.2 Å². The maximum atomic E-state index is 12.1. The number of benzene rings is 1. The molecule has 0 unspecified atom stereocenters. The van der Waals surface area contributed by atoms with E-state index in [9.17, 15) is 4.79 Å². The first-order valence-electron chi connectivity index (χ1n) is 8.67. The van der Waals surface area contributed by atoms with Crippen LogP contribution in [-0.2, 0) is 11.3 Å². The number of hydrogen-bond acceptors (Lipinski definition) is 4. The van der Waals surface area contributed by atoms with Gasteiger partial charge in [0, 0.05) is 17.7 Å². The summed E-state index contributed by atoms with van der Waals surface area (Å²) >= 11 is 0. The van der Waals surface area contributed by atoms with Crippen molar-refractivity contribution in [3.05, 3.63) is 72.2 Å². The Balaban J connectivity index is 1.32. The average Bonchev–Trinajstić information content (AvgIpc) is 3.06. The quantitative estimate of drug-likeness (QED) is 0.690. The molecular weight excluding hydrogens is 328 g/mol. The Morgan fingerprint density at radius 2 is 2.12 bits per heavy atom. The second-order valence-electron chi connectivity index (χ2n) is 6.67. The van der Waals surface area contributed by atoms with Crippen LogP contribution >= 0.6 is 0 Å². The predicted octanol–water partition coefficient (Wildman–Crippen LogP) is 3.69. The first-order chi connectivity index (χ1) is 12.7. The standard InChI is InChI=1S/C20H20N4O2/c1-14-10-18(14)19-8-6-17(26-19)7-9-20(25)23-16-4-2-15(3-5-16)11-24-13-21-12-22-24/h2-9,12-14,18H,10-11H2,1H3,(H,23,25)/b9-7-/t14-,18-/m1/s1. The third-order valence-electron chi connectivity index (χ3n) is 4.55. The van der Waals surface area contributed by atoms with Crippen molar-refractivity contribution in [1.29, 1.82) is 0 Å². The highest BCUT2D eigenvalue weighted by Crippen LogP contribution is 2.47. The second kappa shape index (κ2) is 7.00. The van der Waals surface area contributed by atoms with Crippen LogP contribution in [0.25, 0.3) is 6.08 Å². The zero-order valence-electron chi connectivity index (χ0n) is 14.5. The van der Waals surface area contributed by atoms with Gasteiger partial charge >= 0.3 is 0 Å². The fourth-order valence-corrected chi connectivity index (χ4v) is 2.91. The highest BCUT2D eigenvalue weighted by Gasteiger charge is 2.36. The summed E-state index contributed by atoms with van der Waals surface area (Å²) in [6.45, 7) is 2.86. The fourth-order valence-electron chi connectivity index (χ4n) is 2.91. The lowest BCUT2D eigenvalue weighted by molar-refractivity contribution is -0.111. The van der Waals surface area contributed by atoms with Gasteiger partial charge in [-0.25, -0.2) is 9.67 Å². The van der Waals surface area contributed by atoms with Gasteiger partial charge < -0.3 is 9.73 Å². The maximum Gasteiger partial charge on any atom is 0.248 e. The molecule has 0 saturated heterocycles. The Labute approximate surface area is 151 Å². The van der Waals surface area contributed by atoms with Crippen molar-refractivity contribution in [2.24, 2.45) is 5.92 Å². The number of nitrogens with zero attached hydrogens (tertiary/aromatic N) is 3. The smallest absolute Gasteiger partial charge is 0.248 e. The van der Waals surface area contributed by atoms with Crippen LogP contribution < -0.4 is 5.32 Å². The first kappa shape index (κ1) is 16.3. The van der Waals surface area contributed by atoms with Gasteiger partial charge in [0.15, 0.2) is 0 Å². The Bertz CT molecular complexity index is 910. The number of anilines is 1. The van der Waals surface area contributed by atoms with Crippen molar-refractivity contribution in [3.63, 3.8) is 0 Å². The number of nitrogens with one attached hydrogen (secondary N) is 1. The van der Waals surface area contributed by atoms with E-state index < -0.39 is 0 Å². The summed E-state index contributed by atoms with van der Waals surface area (Å²) in [5.41, 5.74) is 1.83. The van der Waals surface area contributed by atoms with Gasteiger partial charge in [-0.2, -0.15) is 5.10 Å². The average molecular weight is 348 g/mol. The molecule has 1 N–H and O–H groups in total. The van der Waals surface area contributed by atoms with E-state index in [4.69, 9.17) is 4.42 Å². The number of carbonyl (C=O) groups is 1. The van der Waals surface area contributed by atoms with Crippen LogP contribution in [0.5, 0.6) is 0 Å². The zero-order valence-corrected chi connectivity index (χ0v) is 14.5. The van der Waals surface area contributed by atoms with Crippen LogP contribution in [0.15, 0.2) is 59.5 Å².